The highest BCUT2D eigenvalue weighted by Gasteiger charge is 2.19. The molecule has 1 amide bonds. The van der Waals surface area contributed by atoms with Gasteiger partial charge in [-0.2, -0.15) is 0 Å². The second kappa shape index (κ2) is 12.1. The van der Waals surface area contributed by atoms with Gasteiger partial charge in [0.2, 0.25) is 0 Å². The van der Waals surface area contributed by atoms with E-state index in [-0.39, 0.29) is 23.2 Å². The summed E-state index contributed by atoms with van der Waals surface area (Å²) in [4.78, 5) is 27.6. The van der Waals surface area contributed by atoms with E-state index >= 15 is 0 Å². The maximum Gasteiger partial charge on any atom is 0.270 e. The van der Waals surface area contributed by atoms with Crippen LogP contribution in [0.2, 0.25) is 5.02 Å². The normalized spacial score (nSPS) is 10.8. The summed E-state index contributed by atoms with van der Waals surface area (Å²) < 4.78 is 19.5. The second-order valence-corrected chi connectivity index (χ2v) is 10.1. The number of aromatic nitrogens is 1. The van der Waals surface area contributed by atoms with Gasteiger partial charge >= 0.3 is 0 Å². The van der Waals surface area contributed by atoms with Crippen molar-refractivity contribution in [2.75, 3.05) is 0 Å². The minimum absolute atomic E-state index is 0.0498. The number of non-ortho nitro benzene ring substituents is 1. The first-order valence-electron chi connectivity index (χ1n) is 12.2. The molecule has 2 heterocycles. The van der Waals surface area contributed by atoms with Crippen LogP contribution in [-0.4, -0.2) is 10.8 Å². The zero-order valence-electron chi connectivity index (χ0n) is 20.9. The van der Waals surface area contributed by atoms with Gasteiger partial charge in [-0.15, -0.1) is 11.3 Å². The zero-order valence-corrected chi connectivity index (χ0v) is 22.5. The number of hydrogen-bond donors (Lipinski definition) is 1. The lowest BCUT2D eigenvalue weighted by Crippen LogP contribution is -2.23. The number of aromatic amines is 1. The van der Waals surface area contributed by atoms with Crippen molar-refractivity contribution in [3.05, 3.63) is 134 Å². The van der Waals surface area contributed by atoms with E-state index in [0.717, 1.165) is 21.6 Å². The average Bonchev–Trinajstić information content (AvgIpc) is 3.46. The number of carbonyl (C=O) groups is 1. The Morgan fingerprint density at radius 2 is 1.88 bits per heavy atom. The first kappa shape index (κ1) is 27.0. The van der Waals surface area contributed by atoms with Crippen LogP contribution < -0.4 is 15.0 Å². The van der Waals surface area contributed by atoms with Crippen molar-refractivity contribution in [1.29, 1.82) is 0 Å². The number of amides is 1. The third-order valence-electron chi connectivity index (χ3n) is 6.16. The third-order valence-corrected chi connectivity index (χ3v) is 7.48. The highest BCUT2D eigenvalue weighted by atomic mass is 35.5. The third kappa shape index (κ3) is 6.17. The molecule has 5 rings (SSSR count). The molecular weight excluding hydrogens is 553 g/mol. The molecule has 0 saturated carbocycles. The van der Waals surface area contributed by atoms with Crippen molar-refractivity contribution in [2.45, 2.75) is 13.2 Å². The van der Waals surface area contributed by atoms with Gasteiger partial charge in [0, 0.05) is 57.4 Å². The Hall–Kier alpha value is -4.60. The number of rotatable bonds is 9. The van der Waals surface area contributed by atoms with Crippen LogP contribution in [0.1, 0.15) is 21.5 Å². The molecule has 0 unspecified atom stereocenters. The van der Waals surface area contributed by atoms with Gasteiger partial charge in [0.05, 0.1) is 9.95 Å². The van der Waals surface area contributed by atoms with Crippen LogP contribution in [0.3, 0.4) is 0 Å². The largest absolute Gasteiger partial charge is 0.488 e. The van der Waals surface area contributed by atoms with E-state index in [4.69, 9.17) is 16.3 Å². The highest BCUT2D eigenvalue weighted by molar-refractivity contribution is 7.14. The number of nitro groups is 1. The summed E-state index contributed by atoms with van der Waals surface area (Å²) in [7, 11) is 0. The van der Waals surface area contributed by atoms with Crippen LogP contribution in [-0.2, 0) is 13.2 Å². The summed E-state index contributed by atoms with van der Waals surface area (Å²) in [6.07, 6.45) is 3.62. The Balaban J connectivity index is 1.40. The minimum Gasteiger partial charge on any atom is -0.488 e. The van der Waals surface area contributed by atoms with Crippen molar-refractivity contribution < 1.29 is 23.8 Å². The first-order valence-corrected chi connectivity index (χ1v) is 13.4. The number of halogens is 2. The molecule has 2 aromatic heterocycles. The average molecular weight is 575 g/mol. The van der Waals surface area contributed by atoms with E-state index in [9.17, 15) is 19.3 Å². The van der Waals surface area contributed by atoms with Crippen LogP contribution in [0.4, 0.5) is 10.1 Å². The van der Waals surface area contributed by atoms with E-state index in [1.54, 1.807) is 24.4 Å². The molecule has 7 nitrogen and oxygen atoms in total. The van der Waals surface area contributed by atoms with E-state index in [2.05, 4.69) is 10.3 Å². The van der Waals surface area contributed by atoms with Gasteiger partial charge < -0.3 is 10.1 Å². The second-order valence-electron chi connectivity index (χ2n) is 8.80. The Labute approximate surface area is 238 Å². The molecule has 0 aliphatic rings. The Morgan fingerprint density at radius 3 is 2.60 bits per heavy atom. The van der Waals surface area contributed by atoms with Crippen molar-refractivity contribution in [3.63, 3.8) is 0 Å². The number of ether oxygens (including phenoxy) is 1. The number of nitrogens with zero attached hydrogens (tertiary/aromatic N) is 1. The smallest absolute Gasteiger partial charge is 0.270 e. The molecule has 0 bridgehead atoms. The van der Waals surface area contributed by atoms with Crippen LogP contribution >= 0.6 is 22.9 Å². The van der Waals surface area contributed by atoms with Gasteiger partial charge in [-0.1, -0.05) is 29.8 Å². The predicted octanol–water partition coefficient (Wildman–Crippen LogP) is 7.11. The molecular formula is C30H22ClFN3O4S+. The fraction of sp³-hybridized carbons (Fsp3) is 0.0667. The monoisotopic (exact) mass is 574 g/mol. The van der Waals surface area contributed by atoms with Crippen molar-refractivity contribution in [3.8, 4) is 27.3 Å². The van der Waals surface area contributed by atoms with E-state index in [1.165, 1.54) is 41.7 Å². The van der Waals surface area contributed by atoms with Crippen molar-refractivity contribution in [1.82, 2.24) is 5.32 Å². The number of H-pyrrole nitrogens is 1. The zero-order chi connectivity index (χ0) is 28.1. The van der Waals surface area contributed by atoms with Gasteiger partial charge in [-0.05, 0) is 53.4 Å². The SMILES string of the molecule is O=C(NCc1ccc[nH+]c1)c1ccc(-c2sccc2-c2cc([N+](=O)[O-])ccc2OCc2ccc(F)cc2Cl)cc1. The number of nitro benzene ring substituents is 1. The predicted molar refractivity (Wildman–Crippen MR) is 152 cm³/mol. The summed E-state index contributed by atoms with van der Waals surface area (Å²) in [6.45, 7) is 0.444. The molecule has 2 N–H and O–H groups in total. The number of pyridine rings is 1. The fourth-order valence-corrected chi connectivity index (χ4v) is 5.24. The van der Waals surface area contributed by atoms with E-state index < -0.39 is 10.7 Å². The molecule has 0 atom stereocenters. The number of carbonyl (C=O) groups excluding carboxylic acids is 1. The lowest BCUT2D eigenvalue weighted by atomic mass is 10.0. The van der Waals surface area contributed by atoms with Gasteiger partial charge in [-0.3, -0.25) is 14.9 Å². The minimum atomic E-state index is -0.461. The first-order chi connectivity index (χ1) is 19.4. The molecule has 40 heavy (non-hydrogen) atoms. The standard InChI is InChI=1S/C30H21ClFN3O4S/c31-27-14-23(32)8-7-22(27)18-39-28-10-9-24(35(37)38)15-26(28)25-11-13-40-29(25)20-3-5-21(6-4-20)30(36)34-17-19-2-1-12-33-16-19/h1-16H,17-18H2,(H,34,36)/p+1. The molecule has 5 aromatic rings. The van der Waals surface area contributed by atoms with Crippen LogP contribution in [0.5, 0.6) is 5.75 Å². The number of benzene rings is 3. The highest BCUT2D eigenvalue weighted by Crippen LogP contribution is 2.42. The molecule has 0 radical (unpaired) electrons. The number of nitrogens with one attached hydrogen (secondary N) is 2. The van der Waals surface area contributed by atoms with Crippen molar-refractivity contribution in [2.24, 2.45) is 0 Å². The van der Waals surface area contributed by atoms with Gasteiger partial charge in [0.25, 0.3) is 11.6 Å². The lowest BCUT2D eigenvalue weighted by Gasteiger charge is -2.13. The quantitative estimate of drug-likeness (QED) is 0.150. The van der Waals surface area contributed by atoms with Gasteiger partial charge in [-0.25, -0.2) is 9.37 Å². The molecule has 0 fully saturated rings. The lowest BCUT2D eigenvalue weighted by molar-refractivity contribution is -0.384. The van der Waals surface area contributed by atoms with Crippen LogP contribution in [0.25, 0.3) is 21.6 Å². The van der Waals surface area contributed by atoms with Gasteiger partial charge in [0.1, 0.15) is 18.2 Å². The van der Waals surface area contributed by atoms with Crippen LogP contribution in [0.15, 0.2) is 96.6 Å². The Bertz CT molecular complexity index is 1680. The van der Waals surface area contributed by atoms with Crippen molar-refractivity contribution >= 4 is 34.5 Å². The molecule has 0 saturated heterocycles. The molecule has 0 spiro atoms. The summed E-state index contributed by atoms with van der Waals surface area (Å²) in [5.41, 5.74) is 4.08. The summed E-state index contributed by atoms with van der Waals surface area (Å²) in [6, 6.07) is 21.2. The fourth-order valence-electron chi connectivity index (χ4n) is 4.10. The summed E-state index contributed by atoms with van der Waals surface area (Å²) in [5.74, 6) is -0.235. The topological polar surface area (TPSA) is 95.6 Å². The van der Waals surface area contributed by atoms with Gasteiger partial charge in [0.15, 0.2) is 12.4 Å². The molecule has 200 valence electrons. The molecule has 0 aliphatic heterocycles. The maximum absolute atomic E-state index is 13.5. The summed E-state index contributed by atoms with van der Waals surface area (Å²) in [5, 5.41) is 16.6. The Morgan fingerprint density at radius 1 is 1.05 bits per heavy atom. The molecule has 10 heteroatoms. The molecule has 3 aromatic carbocycles. The van der Waals surface area contributed by atoms with E-state index in [0.29, 0.717) is 29.0 Å². The Kier molecular flexibility index (Phi) is 8.14. The van der Waals surface area contributed by atoms with Crippen LogP contribution in [0, 0.1) is 15.9 Å². The summed E-state index contributed by atoms with van der Waals surface area (Å²) >= 11 is 7.62. The van der Waals surface area contributed by atoms with E-state index in [1.807, 2.05) is 41.9 Å². The number of hydrogen-bond acceptors (Lipinski definition) is 5. The maximum atomic E-state index is 13.5. The molecule has 0 aliphatic carbocycles. The number of thiophene rings is 1.